The lowest BCUT2D eigenvalue weighted by Crippen LogP contribution is -1.86. The van der Waals surface area contributed by atoms with Crippen molar-refractivity contribution in [2.75, 3.05) is 5.73 Å². The van der Waals surface area contributed by atoms with Gasteiger partial charge < -0.3 is 15.7 Å². The predicted octanol–water partition coefficient (Wildman–Crippen LogP) is 7.16. The van der Waals surface area contributed by atoms with Crippen molar-refractivity contribution in [2.24, 2.45) is 0 Å². The third-order valence-electron chi connectivity index (χ3n) is 5.63. The van der Waals surface area contributed by atoms with Gasteiger partial charge in [0.25, 0.3) is 5.69 Å². The van der Waals surface area contributed by atoms with Crippen LogP contribution in [0, 0.1) is 10.1 Å². The zero-order valence-corrected chi connectivity index (χ0v) is 18.2. The summed E-state index contributed by atoms with van der Waals surface area (Å²) < 4.78 is 0. The van der Waals surface area contributed by atoms with Gasteiger partial charge in [0.05, 0.1) is 10.4 Å². The van der Waals surface area contributed by atoms with E-state index in [1.54, 1.807) is 12.1 Å². The maximum absolute atomic E-state index is 10.7. The summed E-state index contributed by atoms with van der Waals surface area (Å²) in [5.74, 6) is 0. The van der Waals surface area contributed by atoms with Crippen LogP contribution in [0.15, 0.2) is 109 Å². The summed E-state index contributed by atoms with van der Waals surface area (Å²) in [4.78, 5) is 16.9. The summed E-state index contributed by atoms with van der Waals surface area (Å²) in [6.07, 6.45) is 0. The molecule has 6 aromatic rings. The van der Waals surface area contributed by atoms with Crippen LogP contribution in [0.3, 0.4) is 0 Å². The van der Waals surface area contributed by atoms with Gasteiger partial charge in [0.2, 0.25) is 0 Å². The average molecular weight is 447 g/mol. The van der Waals surface area contributed by atoms with Crippen LogP contribution >= 0.6 is 0 Å². The summed E-state index contributed by atoms with van der Waals surface area (Å²) in [7, 11) is 0. The van der Waals surface area contributed by atoms with E-state index in [0.717, 1.165) is 39.1 Å². The standard InChI is InChI=1S/C14H10N2O2.C14H12N2/c17-16(18)12-7-6-11-8-13(15-14(11)9-12)10-4-2-1-3-5-10;15-12-7-6-11-8-13(16-14(11)9-12)10-4-2-1-3-5-10/h1-9,15H;1-9,16H,15H2. The number of benzene rings is 4. The first-order chi connectivity index (χ1) is 16.6. The van der Waals surface area contributed by atoms with E-state index in [1.807, 2.05) is 72.8 Å². The number of H-pyrrole nitrogens is 2. The minimum atomic E-state index is -0.386. The SMILES string of the molecule is Nc1ccc2cc(-c3ccccc3)[nH]c2c1.O=[N+]([O-])c1ccc2cc(-c3ccccc3)[nH]c2c1. The van der Waals surface area contributed by atoms with Gasteiger partial charge in [-0.25, -0.2) is 0 Å². The molecule has 2 aromatic heterocycles. The molecule has 0 aliphatic carbocycles. The van der Waals surface area contributed by atoms with Gasteiger partial charge in [-0.2, -0.15) is 0 Å². The van der Waals surface area contributed by atoms with Gasteiger partial charge in [-0.15, -0.1) is 0 Å². The molecule has 0 radical (unpaired) electrons. The summed E-state index contributed by atoms with van der Waals surface area (Å²) in [5, 5.41) is 12.9. The molecule has 6 nitrogen and oxygen atoms in total. The Bertz CT molecular complexity index is 1590. The number of nitrogen functional groups attached to an aromatic ring is 1. The fourth-order valence-corrected chi connectivity index (χ4v) is 3.92. The Morgan fingerprint density at radius 1 is 0.618 bits per heavy atom. The number of non-ortho nitro benzene ring substituents is 1. The van der Waals surface area contributed by atoms with Crippen molar-refractivity contribution in [3.63, 3.8) is 0 Å². The van der Waals surface area contributed by atoms with Gasteiger partial charge >= 0.3 is 0 Å². The largest absolute Gasteiger partial charge is 0.399 e. The lowest BCUT2D eigenvalue weighted by molar-refractivity contribution is -0.384. The molecule has 0 fully saturated rings. The molecule has 6 heteroatoms. The third kappa shape index (κ3) is 4.38. The third-order valence-corrected chi connectivity index (χ3v) is 5.63. The topological polar surface area (TPSA) is 101 Å². The highest BCUT2D eigenvalue weighted by atomic mass is 16.6. The zero-order chi connectivity index (χ0) is 23.5. The predicted molar refractivity (Wildman–Crippen MR) is 139 cm³/mol. The van der Waals surface area contributed by atoms with E-state index in [1.165, 1.54) is 17.0 Å². The first-order valence-corrected chi connectivity index (χ1v) is 10.8. The van der Waals surface area contributed by atoms with Gasteiger partial charge in [-0.05, 0) is 41.5 Å². The van der Waals surface area contributed by atoms with Crippen LogP contribution in [0.2, 0.25) is 0 Å². The van der Waals surface area contributed by atoms with Gasteiger partial charge in [-0.1, -0.05) is 66.7 Å². The van der Waals surface area contributed by atoms with Crippen molar-refractivity contribution in [3.8, 4) is 22.5 Å². The number of nitrogens with one attached hydrogen (secondary N) is 2. The first kappa shape index (κ1) is 21.0. The number of nitro benzene ring substituents is 1. The van der Waals surface area contributed by atoms with Crippen LogP contribution in [0.5, 0.6) is 0 Å². The minimum Gasteiger partial charge on any atom is -0.399 e. The quantitative estimate of drug-likeness (QED) is 0.153. The van der Waals surface area contributed by atoms with Gasteiger partial charge in [-0.3, -0.25) is 10.1 Å². The highest BCUT2D eigenvalue weighted by Gasteiger charge is 2.09. The molecule has 0 saturated heterocycles. The van der Waals surface area contributed by atoms with E-state index < -0.39 is 0 Å². The number of aromatic amines is 2. The molecule has 0 bridgehead atoms. The van der Waals surface area contributed by atoms with Crippen molar-refractivity contribution < 1.29 is 4.92 Å². The molecule has 0 saturated carbocycles. The maximum atomic E-state index is 10.7. The number of hydrogen-bond acceptors (Lipinski definition) is 3. The Morgan fingerprint density at radius 3 is 1.65 bits per heavy atom. The molecule has 4 N–H and O–H groups in total. The van der Waals surface area contributed by atoms with E-state index in [2.05, 4.69) is 28.2 Å². The molecule has 4 aromatic carbocycles. The molecule has 0 atom stereocenters. The lowest BCUT2D eigenvalue weighted by atomic mass is 10.1. The molecule has 2 heterocycles. The molecule has 166 valence electrons. The Kier molecular flexibility index (Phi) is 5.54. The molecule has 0 aliphatic heterocycles. The molecule has 6 rings (SSSR count). The van der Waals surface area contributed by atoms with Crippen LogP contribution in [-0.2, 0) is 0 Å². The van der Waals surface area contributed by atoms with E-state index in [9.17, 15) is 10.1 Å². The summed E-state index contributed by atoms with van der Waals surface area (Å²) in [6, 6.07) is 35.0. The summed E-state index contributed by atoms with van der Waals surface area (Å²) in [5.41, 5.74) is 12.8. The monoisotopic (exact) mass is 446 g/mol. The number of rotatable bonds is 3. The molecule has 0 unspecified atom stereocenters. The van der Waals surface area contributed by atoms with Gasteiger partial charge in [0, 0.05) is 45.5 Å². The van der Waals surface area contributed by atoms with Gasteiger partial charge in [0.15, 0.2) is 0 Å². The highest BCUT2D eigenvalue weighted by molar-refractivity contribution is 5.88. The van der Waals surface area contributed by atoms with E-state index in [4.69, 9.17) is 5.73 Å². The molecular weight excluding hydrogens is 424 g/mol. The Hall–Kier alpha value is -4.84. The molecule has 34 heavy (non-hydrogen) atoms. The molecule has 0 amide bonds. The molecule has 0 spiro atoms. The van der Waals surface area contributed by atoms with E-state index in [-0.39, 0.29) is 10.6 Å². The molecular formula is C28H22N4O2. The van der Waals surface area contributed by atoms with Crippen LogP contribution in [0.1, 0.15) is 0 Å². The number of nitrogens with zero attached hydrogens (tertiary/aromatic N) is 1. The zero-order valence-electron chi connectivity index (χ0n) is 18.2. The normalized spacial score (nSPS) is 10.7. The van der Waals surface area contributed by atoms with Crippen molar-refractivity contribution in [2.45, 2.75) is 0 Å². The second-order valence-corrected chi connectivity index (χ2v) is 7.97. The molecule has 0 aliphatic rings. The second-order valence-electron chi connectivity index (χ2n) is 7.97. The van der Waals surface area contributed by atoms with Crippen LogP contribution in [-0.4, -0.2) is 14.9 Å². The number of nitrogens with two attached hydrogens (primary N) is 1. The smallest absolute Gasteiger partial charge is 0.271 e. The second kappa shape index (κ2) is 8.96. The fraction of sp³-hybridized carbons (Fsp3) is 0. The minimum absolute atomic E-state index is 0.101. The van der Waals surface area contributed by atoms with E-state index >= 15 is 0 Å². The highest BCUT2D eigenvalue weighted by Crippen LogP contribution is 2.27. The first-order valence-electron chi connectivity index (χ1n) is 10.8. The van der Waals surface area contributed by atoms with Crippen LogP contribution in [0.4, 0.5) is 11.4 Å². The van der Waals surface area contributed by atoms with Crippen molar-refractivity contribution in [1.29, 1.82) is 0 Å². The summed E-state index contributed by atoms with van der Waals surface area (Å²) >= 11 is 0. The average Bonchev–Trinajstić information content (AvgIpc) is 3.49. The Balaban J connectivity index is 0.000000142. The van der Waals surface area contributed by atoms with Crippen molar-refractivity contribution in [3.05, 3.63) is 119 Å². The Labute approximate surface area is 195 Å². The van der Waals surface area contributed by atoms with Crippen molar-refractivity contribution >= 4 is 33.2 Å². The van der Waals surface area contributed by atoms with Crippen LogP contribution < -0.4 is 5.73 Å². The van der Waals surface area contributed by atoms with E-state index in [0.29, 0.717) is 0 Å². The summed E-state index contributed by atoms with van der Waals surface area (Å²) in [6.45, 7) is 0. The Morgan fingerprint density at radius 2 is 1.12 bits per heavy atom. The number of nitro groups is 1. The number of fused-ring (bicyclic) bond motifs is 2. The fourth-order valence-electron chi connectivity index (χ4n) is 3.92. The number of anilines is 1. The number of hydrogen-bond donors (Lipinski definition) is 3. The van der Waals surface area contributed by atoms with Crippen molar-refractivity contribution in [1.82, 2.24) is 9.97 Å². The lowest BCUT2D eigenvalue weighted by Gasteiger charge is -1.95. The number of aromatic nitrogens is 2. The van der Waals surface area contributed by atoms with Crippen LogP contribution in [0.25, 0.3) is 44.3 Å². The van der Waals surface area contributed by atoms with Gasteiger partial charge in [0.1, 0.15) is 0 Å². The maximum Gasteiger partial charge on any atom is 0.271 e.